The molecule has 0 aromatic rings. The summed E-state index contributed by atoms with van der Waals surface area (Å²) in [6.45, 7) is 12.0. The van der Waals surface area contributed by atoms with Gasteiger partial charge in [-0.3, -0.25) is 9.59 Å². The Bertz CT molecular complexity index is 475. The average molecular weight is 342 g/mol. The zero-order valence-electron chi connectivity index (χ0n) is 15.1. The summed E-state index contributed by atoms with van der Waals surface area (Å²) in [4.78, 5) is 29.1. The maximum absolute atomic E-state index is 12.8. The van der Waals surface area contributed by atoms with Crippen molar-refractivity contribution < 1.29 is 9.59 Å². The first-order valence-electron chi connectivity index (χ1n) is 8.59. The lowest BCUT2D eigenvalue weighted by molar-refractivity contribution is -0.146. The monoisotopic (exact) mass is 341 g/mol. The number of hydrogen-bond donors (Lipinski definition) is 1. The van der Waals surface area contributed by atoms with Gasteiger partial charge >= 0.3 is 0 Å². The zero-order chi connectivity index (χ0) is 17.4. The highest BCUT2D eigenvalue weighted by Gasteiger charge is 2.50. The van der Waals surface area contributed by atoms with Crippen LogP contribution in [-0.2, 0) is 9.59 Å². The van der Waals surface area contributed by atoms with Crippen molar-refractivity contribution in [3.63, 3.8) is 0 Å². The number of amides is 2. The van der Waals surface area contributed by atoms with E-state index in [4.69, 9.17) is 5.73 Å². The fourth-order valence-electron chi connectivity index (χ4n) is 3.32. The predicted molar refractivity (Wildman–Crippen MR) is 95.0 cm³/mol. The SMILES string of the molecule is CC(C)[C@H](N)C(=O)N1CCCC2(C1)SCCN2C(=O)C(C)(C)C. The van der Waals surface area contributed by atoms with Crippen molar-refractivity contribution >= 4 is 23.6 Å². The summed E-state index contributed by atoms with van der Waals surface area (Å²) in [5.41, 5.74) is 5.67. The largest absolute Gasteiger partial charge is 0.338 e. The Hall–Kier alpha value is -0.750. The van der Waals surface area contributed by atoms with E-state index in [0.717, 1.165) is 31.7 Å². The van der Waals surface area contributed by atoms with Crippen molar-refractivity contribution in [1.29, 1.82) is 0 Å². The molecule has 0 radical (unpaired) electrons. The van der Waals surface area contributed by atoms with E-state index in [-0.39, 0.29) is 22.6 Å². The van der Waals surface area contributed by atoms with E-state index in [1.54, 1.807) is 0 Å². The fourth-order valence-corrected chi connectivity index (χ4v) is 4.84. The van der Waals surface area contributed by atoms with Crippen LogP contribution >= 0.6 is 11.8 Å². The Morgan fingerprint density at radius 3 is 2.43 bits per heavy atom. The third kappa shape index (κ3) is 3.68. The van der Waals surface area contributed by atoms with Gasteiger partial charge in [0.1, 0.15) is 4.87 Å². The molecule has 2 saturated heterocycles. The van der Waals surface area contributed by atoms with Crippen molar-refractivity contribution in [1.82, 2.24) is 9.80 Å². The van der Waals surface area contributed by atoms with Crippen molar-refractivity contribution in [2.24, 2.45) is 17.1 Å². The molecule has 23 heavy (non-hydrogen) atoms. The van der Waals surface area contributed by atoms with E-state index in [0.29, 0.717) is 6.54 Å². The molecule has 2 heterocycles. The summed E-state index contributed by atoms with van der Waals surface area (Å²) in [6, 6.07) is -0.455. The molecule has 6 heteroatoms. The molecule has 0 aromatic heterocycles. The first-order chi connectivity index (χ1) is 10.6. The number of hydrogen-bond acceptors (Lipinski definition) is 4. The highest BCUT2D eigenvalue weighted by Crippen LogP contribution is 2.44. The number of likely N-dealkylation sites (tertiary alicyclic amines) is 1. The van der Waals surface area contributed by atoms with Crippen LogP contribution in [0.15, 0.2) is 0 Å². The molecular weight excluding hydrogens is 310 g/mol. The third-order valence-corrected chi connectivity index (χ3v) is 6.29. The molecule has 0 aromatic carbocycles. The normalized spacial score (nSPS) is 26.9. The molecule has 2 aliphatic rings. The number of carbonyl (C=O) groups is 2. The molecule has 1 unspecified atom stereocenters. The van der Waals surface area contributed by atoms with Gasteiger partial charge < -0.3 is 15.5 Å². The van der Waals surface area contributed by atoms with E-state index in [1.807, 2.05) is 56.2 Å². The maximum Gasteiger partial charge on any atom is 0.239 e. The van der Waals surface area contributed by atoms with Gasteiger partial charge in [0.25, 0.3) is 0 Å². The van der Waals surface area contributed by atoms with Crippen LogP contribution in [0, 0.1) is 11.3 Å². The van der Waals surface area contributed by atoms with E-state index < -0.39 is 11.5 Å². The molecule has 2 N–H and O–H groups in total. The van der Waals surface area contributed by atoms with Gasteiger partial charge in [0.05, 0.1) is 12.6 Å². The number of carbonyl (C=O) groups excluding carboxylic acids is 2. The quantitative estimate of drug-likeness (QED) is 0.833. The van der Waals surface area contributed by atoms with Crippen LogP contribution in [0.5, 0.6) is 0 Å². The van der Waals surface area contributed by atoms with Crippen LogP contribution in [-0.4, -0.2) is 57.9 Å². The minimum Gasteiger partial charge on any atom is -0.338 e. The molecule has 2 fully saturated rings. The molecule has 132 valence electrons. The van der Waals surface area contributed by atoms with Crippen molar-refractivity contribution in [2.45, 2.75) is 58.4 Å². The Balaban J connectivity index is 2.18. The first-order valence-corrected chi connectivity index (χ1v) is 9.57. The number of rotatable bonds is 2. The Kier molecular flexibility index (Phi) is 5.36. The topological polar surface area (TPSA) is 66.6 Å². The Morgan fingerprint density at radius 2 is 1.87 bits per heavy atom. The molecule has 2 atom stereocenters. The smallest absolute Gasteiger partial charge is 0.239 e. The van der Waals surface area contributed by atoms with Crippen molar-refractivity contribution in [3.8, 4) is 0 Å². The van der Waals surface area contributed by atoms with Gasteiger partial charge in [-0.2, -0.15) is 0 Å². The van der Waals surface area contributed by atoms with Crippen LogP contribution in [0.3, 0.4) is 0 Å². The van der Waals surface area contributed by atoms with E-state index in [9.17, 15) is 9.59 Å². The molecule has 2 aliphatic heterocycles. The van der Waals surface area contributed by atoms with Gasteiger partial charge in [0.2, 0.25) is 11.8 Å². The molecule has 2 amide bonds. The van der Waals surface area contributed by atoms with Gasteiger partial charge in [-0.1, -0.05) is 34.6 Å². The molecule has 5 nitrogen and oxygen atoms in total. The fraction of sp³-hybridized carbons (Fsp3) is 0.882. The van der Waals surface area contributed by atoms with E-state index in [2.05, 4.69) is 0 Å². The highest BCUT2D eigenvalue weighted by atomic mass is 32.2. The van der Waals surface area contributed by atoms with Crippen molar-refractivity contribution in [3.05, 3.63) is 0 Å². The summed E-state index contributed by atoms with van der Waals surface area (Å²) in [5.74, 6) is 1.28. The highest BCUT2D eigenvalue weighted by molar-refractivity contribution is 8.00. The minimum absolute atomic E-state index is 0.0229. The summed E-state index contributed by atoms with van der Waals surface area (Å²) < 4.78 is 0. The lowest BCUT2D eigenvalue weighted by Crippen LogP contribution is -2.60. The van der Waals surface area contributed by atoms with Gasteiger partial charge in [-0.05, 0) is 18.8 Å². The molecule has 2 rings (SSSR count). The molecular formula is C17H31N3O2S. The molecule has 0 aliphatic carbocycles. The van der Waals surface area contributed by atoms with Gasteiger partial charge in [-0.25, -0.2) is 0 Å². The average Bonchev–Trinajstić information content (AvgIpc) is 2.86. The van der Waals surface area contributed by atoms with Gasteiger partial charge in [0, 0.05) is 24.3 Å². The van der Waals surface area contributed by atoms with Crippen LogP contribution in [0.1, 0.15) is 47.5 Å². The maximum atomic E-state index is 12.8. The van der Waals surface area contributed by atoms with Crippen LogP contribution < -0.4 is 5.73 Å². The minimum atomic E-state index is -0.455. The van der Waals surface area contributed by atoms with Crippen LogP contribution in [0.2, 0.25) is 0 Å². The summed E-state index contributed by atoms with van der Waals surface area (Å²) in [5, 5.41) is 0. The zero-order valence-corrected chi connectivity index (χ0v) is 15.9. The van der Waals surface area contributed by atoms with Crippen molar-refractivity contribution in [2.75, 3.05) is 25.4 Å². The second kappa shape index (κ2) is 6.63. The van der Waals surface area contributed by atoms with Crippen LogP contribution in [0.25, 0.3) is 0 Å². The lowest BCUT2D eigenvalue weighted by Gasteiger charge is -2.47. The molecule has 0 bridgehead atoms. The number of nitrogens with two attached hydrogens (primary N) is 1. The number of piperidine rings is 1. The summed E-state index contributed by atoms with van der Waals surface area (Å²) in [7, 11) is 0. The summed E-state index contributed by atoms with van der Waals surface area (Å²) in [6.07, 6.45) is 1.89. The Labute approximate surface area is 144 Å². The van der Waals surface area contributed by atoms with Gasteiger partial charge in [0.15, 0.2) is 0 Å². The van der Waals surface area contributed by atoms with E-state index >= 15 is 0 Å². The molecule has 0 saturated carbocycles. The molecule has 1 spiro atoms. The van der Waals surface area contributed by atoms with Crippen LogP contribution in [0.4, 0.5) is 0 Å². The third-order valence-electron chi connectivity index (χ3n) is 4.81. The first kappa shape index (κ1) is 18.6. The second-order valence-electron chi connectivity index (χ2n) is 8.13. The predicted octanol–water partition coefficient (Wildman–Crippen LogP) is 1.91. The summed E-state index contributed by atoms with van der Waals surface area (Å²) >= 11 is 1.83. The van der Waals surface area contributed by atoms with Gasteiger partial charge in [-0.15, -0.1) is 11.8 Å². The Morgan fingerprint density at radius 1 is 1.22 bits per heavy atom. The number of nitrogens with zero attached hydrogens (tertiary/aromatic N) is 2. The van der Waals surface area contributed by atoms with E-state index in [1.165, 1.54) is 0 Å². The second-order valence-corrected chi connectivity index (χ2v) is 9.59. The standard InChI is InChI=1S/C17H31N3O2S/c1-12(2)13(18)14(21)19-8-6-7-17(11-19)20(9-10-23-17)15(22)16(3,4)5/h12-13H,6-11,18H2,1-5H3/t13-,17?/m0/s1. The number of thioether (sulfide) groups is 1. The lowest BCUT2D eigenvalue weighted by atomic mass is 9.92.